The lowest BCUT2D eigenvalue weighted by atomic mass is 10.0. The molecule has 0 heterocycles. The number of carbonyl (C=O) groups excluding carboxylic acids is 2. The first-order chi connectivity index (χ1) is 31.1. The fourth-order valence-corrected chi connectivity index (χ4v) is 7.22. The number of hydrogen-bond donors (Lipinski definition) is 1. The van der Waals surface area contributed by atoms with Crippen molar-refractivity contribution in [3.63, 3.8) is 0 Å². The minimum atomic E-state index is -0.800. The molecule has 0 radical (unpaired) electrons. The second-order valence-corrected chi connectivity index (χ2v) is 17.2. The molecule has 360 valence electrons. The van der Waals surface area contributed by atoms with Gasteiger partial charge in [-0.15, -0.1) is 0 Å². The lowest BCUT2D eigenvalue weighted by molar-refractivity contribution is -0.161. The van der Waals surface area contributed by atoms with E-state index in [9.17, 15) is 14.7 Å². The zero-order valence-electron chi connectivity index (χ0n) is 41.1. The van der Waals surface area contributed by atoms with Crippen LogP contribution in [-0.4, -0.2) is 36.4 Å². The Hall–Kier alpha value is -3.18. The highest BCUT2D eigenvalue weighted by Crippen LogP contribution is 2.16. The summed E-state index contributed by atoms with van der Waals surface area (Å²) >= 11 is 0. The number of aliphatic hydroxyl groups excluding tert-OH is 1. The first-order valence-corrected chi connectivity index (χ1v) is 26.3. The van der Waals surface area contributed by atoms with E-state index in [4.69, 9.17) is 9.47 Å². The number of unbranched alkanes of at least 4 members (excludes halogenated alkanes) is 23. The van der Waals surface area contributed by atoms with Gasteiger partial charge in [-0.3, -0.25) is 9.59 Å². The molecule has 0 aliphatic heterocycles. The van der Waals surface area contributed by atoms with E-state index >= 15 is 0 Å². The summed E-state index contributed by atoms with van der Waals surface area (Å²) < 4.78 is 10.7. The fourth-order valence-electron chi connectivity index (χ4n) is 7.22. The summed E-state index contributed by atoms with van der Waals surface area (Å²) in [4.78, 5) is 24.5. The van der Waals surface area contributed by atoms with E-state index in [0.717, 1.165) is 89.9 Å². The van der Waals surface area contributed by atoms with Gasteiger partial charge in [-0.25, -0.2) is 0 Å². The Kier molecular flexibility index (Phi) is 50.5. The summed E-state index contributed by atoms with van der Waals surface area (Å²) in [6, 6.07) is 0. The highest BCUT2D eigenvalue weighted by molar-refractivity contribution is 5.70. The Balaban J connectivity index is 3.62. The molecule has 5 nitrogen and oxygen atoms in total. The molecule has 63 heavy (non-hydrogen) atoms. The van der Waals surface area contributed by atoms with Crippen LogP contribution in [0.4, 0.5) is 0 Å². The maximum atomic E-state index is 12.3. The molecule has 0 aliphatic carbocycles. The number of carbonyl (C=O) groups is 2. The Morgan fingerprint density at radius 3 is 1.03 bits per heavy atom. The molecule has 5 heteroatoms. The predicted molar refractivity (Wildman–Crippen MR) is 274 cm³/mol. The van der Waals surface area contributed by atoms with Gasteiger partial charge in [0.05, 0.1) is 6.61 Å². The van der Waals surface area contributed by atoms with Crippen LogP contribution in [0.25, 0.3) is 0 Å². The minimum absolute atomic E-state index is 0.0866. The quantitative estimate of drug-likeness (QED) is 0.0375. The molecule has 0 aromatic heterocycles. The van der Waals surface area contributed by atoms with Crippen LogP contribution in [0.15, 0.2) is 97.2 Å². The van der Waals surface area contributed by atoms with E-state index in [1.807, 2.05) is 0 Å². The largest absolute Gasteiger partial charge is 0.462 e. The third-order valence-electron chi connectivity index (χ3n) is 11.1. The second-order valence-electron chi connectivity index (χ2n) is 17.2. The van der Waals surface area contributed by atoms with Crippen LogP contribution in [0.3, 0.4) is 0 Å². The topological polar surface area (TPSA) is 72.8 Å². The van der Waals surface area contributed by atoms with Gasteiger partial charge >= 0.3 is 11.9 Å². The van der Waals surface area contributed by atoms with Gasteiger partial charge in [-0.1, -0.05) is 246 Å². The van der Waals surface area contributed by atoms with Gasteiger partial charge in [0.25, 0.3) is 0 Å². The third-order valence-corrected chi connectivity index (χ3v) is 11.1. The Morgan fingerprint density at radius 1 is 0.381 bits per heavy atom. The van der Waals surface area contributed by atoms with Crippen molar-refractivity contribution in [2.24, 2.45) is 0 Å². The van der Waals surface area contributed by atoms with Crippen LogP contribution in [0.5, 0.6) is 0 Å². The predicted octanol–water partition coefficient (Wildman–Crippen LogP) is 17.6. The van der Waals surface area contributed by atoms with Crippen LogP contribution in [0, 0.1) is 0 Å². The van der Waals surface area contributed by atoms with Crippen LogP contribution < -0.4 is 0 Å². The molecule has 0 spiro atoms. The molecule has 0 saturated carbocycles. The van der Waals surface area contributed by atoms with Gasteiger partial charge in [-0.2, -0.15) is 0 Å². The van der Waals surface area contributed by atoms with E-state index < -0.39 is 6.10 Å². The van der Waals surface area contributed by atoms with E-state index in [1.165, 1.54) is 122 Å². The molecule has 0 amide bonds. The van der Waals surface area contributed by atoms with Crippen molar-refractivity contribution in [2.45, 2.75) is 245 Å². The zero-order chi connectivity index (χ0) is 45.6. The van der Waals surface area contributed by atoms with Crippen molar-refractivity contribution < 1.29 is 24.2 Å². The van der Waals surface area contributed by atoms with Gasteiger partial charge in [0.2, 0.25) is 0 Å². The van der Waals surface area contributed by atoms with Gasteiger partial charge in [0.1, 0.15) is 6.61 Å². The normalized spacial score (nSPS) is 13.0. The fraction of sp³-hybridized carbons (Fsp3) is 0.690. The van der Waals surface area contributed by atoms with Gasteiger partial charge < -0.3 is 14.6 Å². The van der Waals surface area contributed by atoms with E-state index in [0.29, 0.717) is 12.8 Å². The summed E-state index contributed by atoms with van der Waals surface area (Å²) in [6.45, 7) is 4.01. The lowest BCUT2D eigenvalue weighted by Gasteiger charge is -2.15. The molecule has 0 fully saturated rings. The third kappa shape index (κ3) is 51.3. The number of esters is 2. The zero-order valence-corrected chi connectivity index (χ0v) is 41.1. The highest BCUT2D eigenvalue weighted by Gasteiger charge is 2.16. The average Bonchev–Trinajstić information content (AvgIpc) is 3.29. The summed E-state index contributed by atoms with van der Waals surface area (Å²) in [5.41, 5.74) is 0. The SMILES string of the molecule is CC/C=C\C/C=C\C/C=C\C/C=C\C/C=C\C/C=C\C/C=C\C/C=C\CCCCC(=O)OC(CO)COC(=O)CCCCCCCCCCCCCCCCCCCCCCCC. The van der Waals surface area contributed by atoms with Crippen LogP contribution in [0.1, 0.15) is 239 Å². The van der Waals surface area contributed by atoms with Crippen LogP contribution in [-0.2, 0) is 19.1 Å². The van der Waals surface area contributed by atoms with E-state index in [1.54, 1.807) is 0 Å². The molecular weight excluding hydrogens is 777 g/mol. The van der Waals surface area contributed by atoms with Crippen molar-refractivity contribution in [1.29, 1.82) is 0 Å². The summed E-state index contributed by atoms with van der Waals surface area (Å²) in [5, 5.41) is 9.63. The summed E-state index contributed by atoms with van der Waals surface area (Å²) in [5.74, 6) is -0.640. The molecule has 0 rings (SSSR count). The molecule has 0 saturated heterocycles. The van der Waals surface area contributed by atoms with Crippen LogP contribution >= 0.6 is 0 Å². The molecule has 0 bridgehead atoms. The Labute approximate surface area is 389 Å². The summed E-state index contributed by atoms with van der Waals surface area (Å²) in [7, 11) is 0. The van der Waals surface area contributed by atoms with Crippen molar-refractivity contribution in [3.05, 3.63) is 97.2 Å². The maximum Gasteiger partial charge on any atom is 0.306 e. The number of allylic oxidation sites excluding steroid dienone is 16. The first kappa shape index (κ1) is 59.8. The first-order valence-electron chi connectivity index (χ1n) is 26.3. The molecule has 1 atom stereocenters. The number of hydrogen-bond acceptors (Lipinski definition) is 5. The van der Waals surface area contributed by atoms with Crippen molar-refractivity contribution >= 4 is 11.9 Å². The molecular formula is C58H98O5. The molecule has 0 aromatic carbocycles. The maximum absolute atomic E-state index is 12.3. The lowest BCUT2D eigenvalue weighted by Crippen LogP contribution is -2.28. The van der Waals surface area contributed by atoms with Gasteiger partial charge in [0, 0.05) is 12.8 Å². The van der Waals surface area contributed by atoms with Crippen molar-refractivity contribution in [2.75, 3.05) is 13.2 Å². The van der Waals surface area contributed by atoms with Gasteiger partial charge in [-0.05, 0) is 77.0 Å². The second kappa shape index (κ2) is 53.2. The number of aliphatic hydroxyl groups is 1. The van der Waals surface area contributed by atoms with Crippen LogP contribution in [0.2, 0.25) is 0 Å². The monoisotopic (exact) mass is 875 g/mol. The standard InChI is InChI=1S/C58H98O5/c1-3-5-7-9-11-13-15-17-19-21-23-25-27-28-29-30-31-33-35-37-39-41-43-45-47-49-51-53-58(61)63-56(54-59)55-62-57(60)52-50-48-46-44-42-40-38-36-34-32-26-24-22-20-18-16-14-12-10-8-6-4-2/h5,7,11,13,17,19,23,25,28-29,31,33,37,39,43,45,56,59H,3-4,6,8-10,12,14-16,18,20-22,24,26-27,30,32,34-36,38,40-42,44,46-55H2,1-2H3/b7-5-,13-11-,19-17-,25-23-,29-28-,33-31-,39-37-,45-43-. The number of ether oxygens (including phenoxy) is 2. The molecule has 1 unspecified atom stereocenters. The Morgan fingerprint density at radius 2 is 0.683 bits per heavy atom. The smallest absolute Gasteiger partial charge is 0.306 e. The van der Waals surface area contributed by atoms with E-state index in [2.05, 4.69) is 111 Å². The van der Waals surface area contributed by atoms with E-state index in [-0.39, 0.29) is 25.2 Å². The molecule has 0 aliphatic rings. The summed E-state index contributed by atoms with van der Waals surface area (Å²) in [6.07, 6.45) is 75.1. The minimum Gasteiger partial charge on any atom is -0.462 e. The van der Waals surface area contributed by atoms with Crippen molar-refractivity contribution in [1.82, 2.24) is 0 Å². The average molecular weight is 875 g/mol. The Bertz CT molecular complexity index is 1220. The van der Waals surface area contributed by atoms with Gasteiger partial charge in [0.15, 0.2) is 6.10 Å². The number of rotatable bonds is 47. The highest BCUT2D eigenvalue weighted by atomic mass is 16.6. The molecule has 1 N–H and O–H groups in total. The molecule has 0 aromatic rings. The van der Waals surface area contributed by atoms with Crippen molar-refractivity contribution in [3.8, 4) is 0 Å².